The molecule has 1 aliphatic carbocycles. The first kappa shape index (κ1) is 17.0. The van der Waals surface area contributed by atoms with E-state index < -0.39 is 12.2 Å². The Hall–Kier alpha value is -1.43. The van der Waals surface area contributed by atoms with Crippen molar-refractivity contribution >= 4 is 5.91 Å². The van der Waals surface area contributed by atoms with Crippen molar-refractivity contribution in [1.29, 1.82) is 0 Å². The van der Waals surface area contributed by atoms with Crippen molar-refractivity contribution in [2.45, 2.75) is 51.0 Å². The van der Waals surface area contributed by atoms with Crippen LogP contribution in [0, 0.1) is 11.8 Å². The van der Waals surface area contributed by atoms with Crippen molar-refractivity contribution in [3.05, 3.63) is 35.4 Å². The second kappa shape index (κ2) is 7.06. The molecule has 0 radical (unpaired) electrons. The van der Waals surface area contributed by atoms with E-state index in [-0.39, 0.29) is 5.91 Å². The van der Waals surface area contributed by atoms with Gasteiger partial charge in [-0.05, 0) is 48.8 Å². The fourth-order valence-corrected chi connectivity index (χ4v) is 4.78. The Bertz CT molecular complexity index is 592. The van der Waals surface area contributed by atoms with E-state index >= 15 is 0 Å². The van der Waals surface area contributed by atoms with E-state index in [1.165, 1.54) is 11.1 Å². The summed E-state index contributed by atoms with van der Waals surface area (Å²) in [5.41, 5.74) is 2.82. The normalized spacial score (nSPS) is 31.8. The van der Waals surface area contributed by atoms with Gasteiger partial charge >= 0.3 is 0 Å². The molecule has 0 aromatic heterocycles. The average Bonchev–Trinajstić information content (AvgIpc) is 3.18. The zero-order valence-corrected chi connectivity index (χ0v) is 14.7. The van der Waals surface area contributed by atoms with Gasteiger partial charge in [0.1, 0.15) is 0 Å². The van der Waals surface area contributed by atoms with Gasteiger partial charge in [-0.1, -0.05) is 24.3 Å². The van der Waals surface area contributed by atoms with E-state index in [0.29, 0.717) is 31.1 Å². The van der Waals surface area contributed by atoms with Crippen molar-refractivity contribution in [1.82, 2.24) is 9.80 Å². The Labute approximate surface area is 149 Å². The molecule has 2 aliphatic heterocycles. The van der Waals surface area contributed by atoms with Crippen molar-refractivity contribution in [2.75, 3.05) is 19.6 Å². The molecule has 5 nitrogen and oxygen atoms in total. The molecule has 1 aromatic rings. The third kappa shape index (κ3) is 3.59. The minimum atomic E-state index is -0.617. The first-order valence-corrected chi connectivity index (χ1v) is 9.53. The summed E-state index contributed by atoms with van der Waals surface area (Å²) in [5, 5.41) is 19.7. The van der Waals surface area contributed by atoms with Crippen molar-refractivity contribution < 1.29 is 15.0 Å². The van der Waals surface area contributed by atoms with Crippen LogP contribution in [0.5, 0.6) is 0 Å². The molecule has 0 spiro atoms. The van der Waals surface area contributed by atoms with Gasteiger partial charge in [-0.2, -0.15) is 0 Å². The largest absolute Gasteiger partial charge is 0.390 e. The second-order valence-electron chi connectivity index (χ2n) is 8.01. The number of hydrogen-bond acceptors (Lipinski definition) is 4. The van der Waals surface area contributed by atoms with E-state index in [1.807, 2.05) is 4.90 Å². The Balaban J connectivity index is 1.22. The number of benzene rings is 1. The van der Waals surface area contributed by atoms with E-state index in [2.05, 4.69) is 29.2 Å². The van der Waals surface area contributed by atoms with Gasteiger partial charge in [0.05, 0.1) is 12.2 Å². The molecule has 1 saturated carbocycles. The number of carbonyl (C=O) groups is 1. The van der Waals surface area contributed by atoms with Gasteiger partial charge in [-0.25, -0.2) is 0 Å². The fraction of sp³-hybridized carbons (Fsp3) is 0.650. The van der Waals surface area contributed by atoms with Crippen LogP contribution < -0.4 is 0 Å². The predicted octanol–water partition coefficient (Wildman–Crippen LogP) is 1.37. The quantitative estimate of drug-likeness (QED) is 0.866. The zero-order valence-electron chi connectivity index (χ0n) is 14.7. The van der Waals surface area contributed by atoms with E-state index in [0.717, 1.165) is 39.1 Å². The Kier molecular flexibility index (Phi) is 4.80. The van der Waals surface area contributed by atoms with E-state index in [1.54, 1.807) is 0 Å². The number of nitrogens with zero attached hydrogens (tertiary/aromatic N) is 2. The first-order valence-electron chi connectivity index (χ1n) is 9.53. The summed E-state index contributed by atoms with van der Waals surface area (Å²) in [4.78, 5) is 16.9. The zero-order chi connectivity index (χ0) is 17.4. The summed E-state index contributed by atoms with van der Waals surface area (Å²) >= 11 is 0. The van der Waals surface area contributed by atoms with Gasteiger partial charge in [0, 0.05) is 32.6 Å². The molecule has 136 valence electrons. The van der Waals surface area contributed by atoms with Gasteiger partial charge in [0.2, 0.25) is 5.91 Å². The molecule has 3 aliphatic rings. The summed E-state index contributed by atoms with van der Waals surface area (Å²) in [7, 11) is 0. The molecular formula is C20H28N2O3. The molecule has 25 heavy (non-hydrogen) atoms. The third-order valence-corrected chi connectivity index (χ3v) is 6.23. The molecule has 4 rings (SSSR count). The summed E-state index contributed by atoms with van der Waals surface area (Å²) in [5.74, 6) is 0.945. The predicted molar refractivity (Wildman–Crippen MR) is 94.6 cm³/mol. The molecule has 0 bridgehead atoms. The molecule has 1 aromatic carbocycles. The van der Waals surface area contributed by atoms with E-state index in [9.17, 15) is 15.0 Å². The molecule has 1 amide bonds. The number of aliphatic hydroxyl groups excluding tert-OH is 2. The molecule has 2 N–H and O–H groups in total. The number of aliphatic hydroxyl groups is 2. The van der Waals surface area contributed by atoms with Crippen molar-refractivity contribution in [3.8, 4) is 0 Å². The van der Waals surface area contributed by atoms with Crippen LogP contribution >= 0.6 is 0 Å². The average molecular weight is 344 g/mol. The lowest BCUT2D eigenvalue weighted by molar-refractivity contribution is -0.130. The summed E-state index contributed by atoms with van der Waals surface area (Å²) < 4.78 is 0. The number of rotatable bonds is 4. The molecule has 2 fully saturated rings. The standard InChI is InChI=1S/C20H28N2O3/c23-18-8-16-12-22(13-17(16)9-19(18)24)20(25)6-3-7-21-10-14-4-1-2-5-15(14)11-21/h1-2,4-5,16-19,23-24H,3,6-13H2/t16-,17+,18+,19-. The first-order chi connectivity index (χ1) is 12.1. The van der Waals surface area contributed by atoms with Crippen LogP contribution in [0.25, 0.3) is 0 Å². The number of fused-ring (bicyclic) bond motifs is 2. The lowest BCUT2D eigenvalue weighted by atomic mass is 9.79. The number of likely N-dealkylation sites (tertiary alicyclic amines) is 1. The van der Waals surface area contributed by atoms with Crippen LogP contribution in [-0.4, -0.2) is 57.8 Å². The summed E-state index contributed by atoms with van der Waals surface area (Å²) in [6.07, 6.45) is 1.51. The maximum absolute atomic E-state index is 12.5. The SMILES string of the molecule is O=C(CCCN1Cc2ccccc2C1)N1C[C@H]2C[C@H](O)[C@H](O)C[C@H]2C1. The monoisotopic (exact) mass is 344 g/mol. The lowest BCUT2D eigenvalue weighted by Gasteiger charge is -2.31. The maximum Gasteiger partial charge on any atom is 0.222 e. The highest BCUT2D eigenvalue weighted by atomic mass is 16.3. The summed E-state index contributed by atoms with van der Waals surface area (Å²) in [6, 6.07) is 8.56. The van der Waals surface area contributed by atoms with Gasteiger partial charge in [0.25, 0.3) is 0 Å². The fourth-order valence-electron chi connectivity index (χ4n) is 4.78. The Morgan fingerprint density at radius 2 is 1.56 bits per heavy atom. The van der Waals surface area contributed by atoms with Crippen LogP contribution in [0.15, 0.2) is 24.3 Å². The maximum atomic E-state index is 12.5. The van der Waals surface area contributed by atoms with E-state index in [4.69, 9.17) is 0 Å². The Morgan fingerprint density at radius 3 is 2.12 bits per heavy atom. The lowest BCUT2D eigenvalue weighted by Crippen LogP contribution is -2.38. The van der Waals surface area contributed by atoms with Crippen LogP contribution in [0.3, 0.4) is 0 Å². The number of amides is 1. The highest BCUT2D eigenvalue weighted by Gasteiger charge is 2.42. The summed E-state index contributed by atoms with van der Waals surface area (Å²) in [6.45, 7) is 4.45. The van der Waals surface area contributed by atoms with Crippen LogP contribution in [-0.2, 0) is 17.9 Å². The third-order valence-electron chi connectivity index (χ3n) is 6.23. The molecule has 4 atom stereocenters. The minimum Gasteiger partial charge on any atom is -0.390 e. The van der Waals surface area contributed by atoms with Crippen LogP contribution in [0.4, 0.5) is 0 Å². The van der Waals surface area contributed by atoms with Crippen molar-refractivity contribution in [2.24, 2.45) is 11.8 Å². The molecule has 0 unspecified atom stereocenters. The Morgan fingerprint density at radius 1 is 1.00 bits per heavy atom. The highest BCUT2D eigenvalue weighted by Crippen LogP contribution is 2.36. The van der Waals surface area contributed by atoms with Gasteiger partial charge < -0.3 is 15.1 Å². The second-order valence-corrected chi connectivity index (χ2v) is 8.01. The molecule has 5 heteroatoms. The topological polar surface area (TPSA) is 64.0 Å². The van der Waals surface area contributed by atoms with Crippen molar-refractivity contribution in [3.63, 3.8) is 0 Å². The van der Waals surface area contributed by atoms with Gasteiger partial charge in [-0.15, -0.1) is 0 Å². The van der Waals surface area contributed by atoms with Crippen LogP contribution in [0.1, 0.15) is 36.8 Å². The van der Waals surface area contributed by atoms with Gasteiger partial charge in [-0.3, -0.25) is 9.69 Å². The highest BCUT2D eigenvalue weighted by molar-refractivity contribution is 5.76. The van der Waals surface area contributed by atoms with Crippen LogP contribution in [0.2, 0.25) is 0 Å². The number of carbonyl (C=O) groups excluding carboxylic acids is 1. The molecular weight excluding hydrogens is 316 g/mol. The molecule has 1 saturated heterocycles. The minimum absolute atomic E-state index is 0.232. The molecule has 2 heterocycles. The smallest absolute Gasteiger partial charge is 0.222 e. The van der Waals surface area contributed by atoms with Gasteiger partial charge in [0.15, 0.2) is 0 Å². The number of hydrogen-bond donors (Lipinski definition) is 2.